The number of ketones is 1. The molecule has 0 saturated heterocycles. The highest BCUT2D eigenvalue weighted by atomic mass is 16.5. The van der Waals surface area contributed by atoms with Gasteiger partial charge >= 0.3 is 0 Å². The van der Waals surface area contributed by atoms with E-state index < -0.39 is 0 Å². The molecule has 33 heavy (non-hydrogen) atoms. The third-order valence-corrected chi connectivity index (χ3v) is 5.45. The summed E-state index contributed by atoms with van der Waals surface area (Å²) in [5, 5.41) is 0.689. The Morgan fingerprint density at radius 3 is 1.94 bits per heavy atom. The van der Waals surface area contributed by atoms with Gasteiger partial charge in [-0.25, -0.2) is 9.97 Å². The minimum atomic E-state index is -0.0358. The first-order valence-electron chi connectivity index (χ1n) is 10.6. The maximum absolute atomic E-state index is 12.9. The molecular weight excluding hydrogens is 416 g/mol. The Morgan fingerprint density at radius 1 is 0.788 bits per heavy atom. The van der Waals surface area contributed by atoms with Gasteiger partial charge in [0.1, 0.15) is 12.1 Å². The largest absolute Gasteiger partial charge is 0.493 e. The van der Waals surface area contributed by atoms with Gasteiger partial charge in [-0.05, 0) is 41.3 Å². The van der Waals surface area contributed by atoms with Gasteiger partial charge in [-0.2, -0.15) is 0 Å². The van der Waals surface area contributed by atoms with Crippen LogP contribution in [0.4, 0.5) is 0 Å². The van der Waals surface area contributed by atoms with Crippen LogP contribution >= 0.6 is 0 Å². The van der Waals surface area contributed by atoms with Crippen molar-refractivity contribution in [3.63, 3.8) is 0 Å². The van der Waals surface area contributed by atoms with Crippen LogP contribution in [0.5, 0.6) is 23.1 Å². The summed E-state index contributed by atoms with van der Waals surface area (Å²) in [5.74, 6) is 2.05. The van der Waals surface area contributed by atoms with Crippen molar-refractivity contribution in [2.24, 2.45) is 0 Å². The van der Waals surface area contributed by atoms with E-state index in [-0.39, 0.29) is 11.2 Å². The minimum absolute atomic E-state index is 0.0358. The zero-order chi connectivity index (χ0) is 23.6. The summed E-state index contributed by atoms with van der Waals surface area (Å²) in [6.07, 6.45) is 1.43. The zero-order valence-corrected chi connectivity index (χ0v) is 19.4. The molecule has 0 spiro atoms. The molecule has 0 aliphatic carbocycles. The summed E-state index contributed by atoms with van der Waals surface area (Å²) in [5.41, 5.74) is 3.14. The fraction of sp³-hybridized carbons (Fsp3) is 0.222. The highest BCUT2D eigenvalue weighted by Gasteiger charge is 2.16. The SMILES string of the molecule is COc1cc2ncnc(Oc3ccc(C(=O)c4ccc(C(C)(C)C)cc4)cc3)c2cc1OC. The summed E-state index contributed by atoms with van der Waals surface area (Å²) >= 11 is 0. The van der Waals surface area contributed by atoms with Gasteiger partial charge in [0.2, 0.25) is 5.88 Å². The summed E-state index contributed by atoms with van der Waals surface area (Å²) < 4.78 is 16.7. The monoisotopic (exact) mass is 442 g/mol. The van der Waals surface area contributed by atoms with E-state index in [1.54, 1.807) is 50.6 Å². The van der Waals surface area contributed by atoms with Gasteiger partial charge in [0.15, 0.2) is 17.3 Å². The molecule has 0 saturated carbocycles. The third-order valence-electron chi connectivity index (χ3n) is 5.45. The molecule has 0 aliphatic rings. The Hall–Kier alpha value is -3.93. The molecule has 0 aliphatic heterocycles. The molecule has 1 heterocycles. The van der Waals surface area contributed by atoms with E-state index in [0.717, 1.165) is 0 Å². The van der Waals surface area contributed by atoms with E-state index in [4.69, 9.17) is 14.2 Å². The predicted octanol–water partition coefficient (Wildman–Crippen LogP) is 5.97. The maximum atomic E-state index is 12.9. The molecule has 0 bridgehead atoms. The van der Waals surface area contributed by atoms with Gasteiger partial charge < -0.3 is 14.2 Å². The molecule has 4 aromatic rings. The Morgan fingerprint density at radius 2 is 1.36 bits per heavy atom. The van der Waals surface area contributed by atoms with Gasteiger partial charge in [0, 0.05) is 17.2 Å². The summed E-state index contributed by atoms with van der Waals surface area (Å²) in [6, 6.07) is 18.3. The van der Waals surface area contributed by atoms with E-state index in [1.807, 2.05) is 24.3 Å². The molecule has 168 valence electrons. The smallest absolute Gasteiger partial charge is 0.230 e. The van der Waals surface area contributed by atoms with Crippen molar-refractivity contribution in [3.8, 4) is 23.1 Å². The molecule has 6 nitrogen and oxygen atoms in total. The number of fused-ring (bicyclic) bond motifs is 1. The Bertz CT molecular complexity index is 1290. The van der Waals surface area contributed by atoms with E-state index >= 15 is 0 Å². The highest BCUT2D eigenvalue weighted by molar-refractivity contribution is 6.09. The molecule has 0 atom stereocenters. The number of rotatable bonds is 6. The standard InChI is InChI=1S/C27H26N2O4/c1-27(2,3)19-10-6-17(7-11-19)25(30)18-8-12-20(13-9-18)33-26-21-14-23(31-4)24(32-5)15-22(21)28-16-29-26/h6-16H,1-5H3. The van der Waals surface area contributed by atoms with Crippen molar-refractivity contribution in [1.29, 1.82) is 0 Å². The number of carbonyl (C=O) groups is 1. The fourth-order valence-electron chi connectivity index (χ4n) is 3.51. The average Bonchev–Trinajstić information content (AvgIpc) is 2.83. The second kappa shape index (κ2) is 8.90. The molecule has 1 aromatic heterocycles. The summed E-state index contributed by atoms with van der Waals surface area (Å²) in [7, 11) is 3.14. The molecule has 0 fully saturated rings. The molecule has 0 amide bonds. The first-order chi connectivity index (χ1) is 15.8. The Kier molecular flexibility index (Phi) is 6.01. The van der Waals surface area contributed by atoms with E-state index in [9.17, 15) is 4.79 Å². The molecule has 0 radical (unpaired) electrons. The number of nitrogens with zero attached hydrogens (tertiary/aromatic N) is 2. The number of hydrogen-bond donors (Lipinski definition) is 0. The van der Waals surface area contributed by atoms with Crippen molar-refractivity contribution in [2.45, 2.75) is 26.2 Å². The second-order valence-electron chi connectivity index (χ2n) is 8.69. The minimum Gasteiger partial charge on any atom is -0.493 e. The lowest BCUT2D eigenvalue weighted by molar-refractivity contribution is 0.103. The van der Waals surface area contributed by atoms with Crippen molar-refractivity contribution in [2.75, 3.05) is 14.2 Å². The van der Waals surface area contributed by atoms with E-state index in [2.05, 4.69) is 30.7 Å². The normalized spacial score (nSPS) is 11.3. The van der Waals surface area contributed by atoms with Crippen molar-refractivity contribution >= 4 is 16.7 Å². The van der Waals surface area contributed by atoms with Crippen LogP contribution in [-0.2, 0) is 5.41 Å². The Balaban J connectivity index is 1.57. The van der Waals surface area contributed by atoms with Gasteiger partial charge in [-0.3, -0.25) is 4.79 Å². The lowest BCUT2D eigenvalue weighted by Gasteiger charge is -2.19. The molecule has 4 rings (SSSR count). The van der Waals surface area contributed by atoms with Crippen LogP contribution in [0.1, 0.15) is 42.3 Å². The molecular formula is C27H26N2O4. The predicted molar refractivity (Wildman–Crippen MR) is 128 cm³/mol. The highest BCUT2D eigenvalue weighted by Crippen LogP contribution is 2.35. The number of benzene rings is 3. The molecule has 3 aromatic carbocycles. The van der Waals surface area contributed by atoms with E-state index in [1.165, 1.54) is 11.9 Å². The third kappa shape index (κ3) is 4.65. The number of hydrogen-bond acceptors (Lipinski definition) is 6. The summed E-state index contributed by atoms with van der Waals surface area (Å²) in [4.78, 5) is 21.5. The molecule has 0 unspecified atom stereocenters. The lowest BCUT2D eigenvalue weighted by atomic mass is 9.86. The van der Waals surface area contributed by atoms with Crippen LogP contribution in [-0.4, -0.2) is 30.0 Å². The van der Waals surface area contributed by atoms with Crippen LogP contribution in [0.15, 0.2) is 67.0 Å². The van der Waals surface area contributed by atoms with Crippen LogP contribution in [0, 0.1) is 0 Å². The maximum Gasteiger partial charge on any atom is 0.230 e. The molecule has 0 N–H and O–H groups in total. The lowest BCUT2D eigenvalue weighted by Crippen LogP contribution is -2.11. The number of aromatic nitrogens is 2. The average molecular weight is 443 g/mol. The van der Waals surface area contributed by atoms with Crippen molar-refractivity contribution < 1.29 is 19.0 Å². The van der Waals surface area contributed by atoms with Gasteiger partial charge in [-0.15, -0.1) is 0 Å². The van der Waals surface area contributed by atoms with Gasteiger partial charge in [0.25, 0.3) is 0 Å². The topological polar surface area (TPSA) is 70.5 Å². The quantitative estimate of drug-likeness (QED) is 0.343. The zero-order valence-electron chi connectivity index (χ0n) is 19.4. The van der Waals surface area contributed by atoms with Crippen LogP contribution in [0.25, 0.3) is 10.9 Å². The summed E-state index contributed by atoms with van der Waals surface area (Å²) in [6.45, 7) is 6.45. The second-order valence-corrected chi connectivity index (χ2v) is 8.69. The first kappa shape index (κ1) is 22.3. The number of carbonyl (C=O) groups excluding carboxylic acids is 1. The fourth-order valence-corrected chi connectivity index (χ4v) is 3.51. The number of ether oxygens (including phenoxy) is 3. The van der Waals surface area contributed by atoms with E-state index in [0.29, 0.717) is 45.2 Å². The van der Waals surface area contributed by atoms with Gasteiger partial charge in [0.05, 0.1) is 25.1 Å². The Labute approximate surface area is 193 Å². The first-order valence-corrected chi connectivity index (χ1v) is 10.6. The van der Waals surface area contributed by atoms with Crippen LogP contribution in [0.3, 0.4) is 0 Å². The van der Waals surface area contributed by atoms with Crippen LogP contribution < -0.4 is 14.2 Å². The molecule has 6 heteroatoms. The van der Waals surface area contributed by atoms with Crippen molar-refractivity contribution in [3.05, 3.63) is 83.7 Å². The number of methoxy groups -OCH3 is 2. The van der Waals surface area contributed by atoms with Gasteiger partial charge in [-0.1, -0.05) is 45.0 Å². The van der Waals surface area contributed by atoms with Crippen LogP contribution in [0.2, 0.25) is 0 Å². The van der Waals surface area contributed by atoms with Crippen molar-refractivity contribution in [1.82, 2.24) is 9.97 Å².